The van der Waals surface area contributed by atoms with E-state index in [1.54, 1.807) is 33.3 Å². The number of aromatic nitrogens is 1. The fourth-order valence-electron chi connectivity index (χ4n) is 2.72. The number of amides is 1. The number of hydrogen-bond donors (Lipinski definition) is 3. The number of rotatable bonds is 8. The molecule has 0 aliphatic heterocycles. The second kappa shape index (κ2) is 17.3. The van der Waals surface area contributed by atoms with Crippen LogP contribution in [0.5, 0.6) is 0 Å². The fraction of sp³-hybridized carbons (Fsp3) is 0.273. The molecule has 35 heavy (non-hydrogen) atoms. The average molecular weight is 674 g/mol. The number of hydrazone groups is 2. The predicted molar refractivity (Wildman–Crippen MR) is 137 cm³/mol. The Morgan fingerprint density at radius 1 is 0.971 bits per heavy atom. The van der Waals surface area contributed by atoms with Gasteiger partial charge in [-0.05, 0) is 35.3 Å². The van der Waals surface area contributed by atoms with Crippen molar-refractivity contribution in [3.63, 3.8) is 0 Å². The van der Waals surface area contributed by atoms with Gasteiger partial charge in [0.15, 0.2) is 12.4 Å². The van der Waals surface area contributed by atoms with Crippen molar-refractivity contribution in [1.29, 1.82) is 0 Å². The third-order valence-corrected chi connectivity index (χ3v) is 5.01. The molecule has 1 aromatic heterocycles. The van der Waals surface area contributed by atoms with Gasteiger partial charge in [-0.3, -0.25) is 25.6 Å². The molecule has 3 N–H and O–H groups in total. The number of pyridine rings is 1. The minimum Gasteiger partial charge on any atom is -1.00 e. The number of halogens is 1. The van der Waals surface area contributed by atoms with Gasteiger partial charge in [0.2, 0.25) is 0 Å². The van der Waals surface area contributed by atoms with Crippen LogP contribution in [0.3, 0.4) is 0 Å². The van der Waals surface area contributed by atoms with Gasteiger partial charge in [-0.15, -0.1) is 0 Å². The second-order valence-electron chi connectivity index (χ2n) is 6.90. The number of aryl methyl sites for hydroxylation is 1. The molecule has 1 radical (unpaired) electrons. The maximum Gasteiger partial charge on any atom is 2.00 e. The van der Waals surface area contributed by atoms with Crippen molar-refractivity contribution in [2.24, 2.45) is 27.2 Å². The first-order valence-electron chi connectivity index (χ1n) is 10.1. The van der Waals surface area contributed by atoms with E-state index in [9.17, 15) is 4.79 Å². The van der Waals surface area contributed by atoms with Crippen molar-refractivity contribution in [2.75, 3.05) is 20.6 Å². The molecule has 9 nitrogen and oxygen atoms in total. The van der Waals surface area contributed by atoms with Gasteiger partial charge in [0.05, 0.1) is 5.71 Å². The standard InChI is InChI=1S/C22H28N8OS2.Cu.HI/c1-15(26-28-21(32)23-2)19(27-29-22(33)24-3)17-9-7-16(8-10-17)11-12-25-20(31)18-6-5-13-30(4)14-18;;/h5-10,13-14H,11-12H2,1-4H3,(H4-,23,24,25,26,27,28,29,31,32,33);;1H/q;+2;/p-2/i;1+0;. The van der Waals surface area contributed by atoms with Crippen molar-refractivity contribution >= 4 is 52.9 Å². The topological polar surface area (TPSA) is 106 Å². The Balaban J connectivity index is 0.00000578. The summed E-state index contributed by atoms with van der Waals surface area (Å²) >= 11 is 10.1. The van der Waals surface area contributed by atoms with E-state index in [0.29, 0.717) is 30.0 Å². The SMILES string of the molecule is CN=C([S-])N/N=C(\C(C)=N\NC([S-])=NC)c1ccc(CCNC(=O)c2ccc[n+](C)c2)cc1.[64Cu+2].[I-]. The summed E-state index contributed by atoms with van der Waals surface area (Å²) in [6, 6.07) is 11.5. The quantitative estimate of drug-likeness (QED) is 0.0562. The van der Waals surface area contributed by atoms with Gasteiger partial charge in [-0.1, -0.05) is 24.3 Å². The monoisotopic (exact) mass is 674 g/mol. The zero-order valence-corrected chi connectivity index (χ0v) is 24.4. The van der Waals surface area contributed by atoms with Gasteiger partial charge in [-0.2, -0.15) is 10.2 Å². The maximum atomic E-state index is 12.3. The molecule has 0 aliphatic rings. The Morgan fingerprint density at radius 2 is 1.57 bits per heavy atom. The maximum absolute atomic E-state index is 12.3. The summed E-state index contributed by atoms with van der Waals surface area (Å²) in [5, 5.41) is 12.1. The van der Waals surface area contributed by atoms with Crippen LogP contribution in [0.1, 0.15) is 28.4 Å². The van der Waals surface area contributed by atoms with Crippen LogP contribution >= 0.6 is 0 Å². The average Bonchev–Trinajstić information content (AvgIpc) is 2.83. The van der Waals surface area contributed by atoms with Crippen LogP contribution in [0.15, 0.2) is 69.0 Å². The van der Waals surface area contributed by atoms with Crippen molar-refractivity contribution in [1.82, 2.24) is 16.2 Å². The molecule has 0 aliphatic carbocycles. The molecule has 1 aromatic carbocycles. The summed E-state index contributed by atoms with van der Waals surface area (Å²) in [6.07, 6.45) is 4.36. The van der Waals surface area contributed by atoms with Gasteiger partial charge in [0, 0.05) is 32.3 Å². The molecule has 2 aromatic rings. The van der Waals surface area contributed by atoms with Gasteiger partial charge in [-0.25, -0.2) is 4.57 Å². The largest absolute Gasteiger partial charge is 2.00 e. The molecule has 0 saturated heterocycles. The molecule has 13 heteroatoms. The summed E-state index contributed by atoms with van der Waals surface area (Å²) in [5.74, 6) is -0.100. The van der Waals surface area contributed by atoms with Crippen LogP contribution < -0.4 is 44.7 Å². The molecular weight excluding hydrogens is 647 g/mol. The summed E-state index contributed by atoms with van der Waals surface area (Å²) in [5.41, 5.74) is 9.11. The van der Waals surface area contributed by atoms with E-state index in [-0.39, 0.29) is 57.3 Å². The van der Waals surface area contributed by atoms with Gasteiger partial charge >= 0.3 is 17.1 Å². The number of benzene rings is 1. The predicted octanol–water partition coefficient (Wildman–Crippen LogP) is -2.19. The smallest absolute Gasteiger partial charge is 1.00 e. The third kappa shape index (κ3) is 11.4. The van der Waals surface area contributed by atoms with Gasteiger partial charge in [0.1, 0.15) is 18.3 Å². The molecule has 0 unspecified atom stereocenters. The van der Waals surface area contributed by atoms with Crippen LogP contribution in [0.25, 0.3) is 0 Å². The van der Waals surface area contributed by atoms with Crippen molar-refractivity contribution < 1.29 is 50.4 Å². The number of nitrogens with one attached hydrogen (secondary N) is 3. The summed E-state index contributed by atoms with van der Waals surface area (Å²) in [6.45, 7) is 2.32. The van der Waals surface area contributed by atoms with Crippen molar-refractivity contribution in [3.05, 3.63) is 65.5 Å². The number of carbonyl (C=O) groups excluding carboxylic acids is 1. The fourth-order valence-corrected chi connectivity index (χ4v) is 2.81. The van der Waals surface area contributed by atoms with E-state index < -0.39 is 0 Å². The Kier molecular flexibility index (Phi) is 16.2. The first-order chi connectivity index (χ1) is 15.8. The second-order valence-corrected chi connectivity index (χ2v) is 7.67. The van der Waals surface area contributed by atoms with Crippen LogP contribution in [-0.2, 0) is 55.8 Å². The molecule has 2 rings (SSSR count). The normalized spacial score (nSPS) is 12.2. The van der Waals surface area contributed by atoms with Crippen LogP contribution in [0.2, 0.25) is 0 Å². The summed E-state index contributed by atoms with van der Waals surface area (Å²) < 4.78 is 1.84. The number of carbonyl (C=O) groups is 1. The molecule has 0 atom stereocenters. The Morgan fingerprint density at radius 3 is 2.14 bits per heavy atom. The first kappa shape index (κ1) is 32.8. The van der Waals surface area contributed by atoms with E-state index in [1.165, 1.54) is 0 Å². The summed E-state index contributed by atoms with van der Waals surface area (Å²) in [7, 11) is 5.05. The van der Waals surface area contributed by atoms with Gasteiger partial charge in [0.25, 0.3) is 5.91 Å². The molecular formula is C22H27CuIN8OS2. The Hall–Kier alpha value is -2.19. The zero-order chi connectivity index (χ0) is 24.2. The molecule has 0 fully saturated rings. The van der Waals surface area contributed by atoms with E-state index >= 15 is 0 Å². The summed E-state index contributed by atoms with van der Waals surface area (Å²) in [4.78, 5) is 20.0. The molecule has 0 saturated carbocycles. The molecule has 1 heterocycles. The first-order valence-corrected chi connectivity index (χ1v) is 10.9. The van der Waals surface area contributed by atoms with Crippen molar-refractivity contribution in [2.45, 2.75) is 13.3 Å². The minimum atomic E-state index is -0.100. The zero-order valence-electron chi connectivity index (χ0n) is 19.7. The third-order valence-electron chi connectivity index (χ3n) is 4.46. The Bertz CT molecular complexity index is 1090. The van der Waals surface area contributed by atoms with Crippen LogP contribution in [0, 0.1) is 0 Å². The number of aliphatic imine (C=N–C) groups is 2. The number of amidine groups is 2. The number of hydrogen-bond acceptors (Lipinski definition) is 7. The van der Waals surface area contributed by atoms with Crippen LogP contribution in [0.4, 0.5) is 0 Å². The van der Waals surface area contributed by atoms with E-state index in [1.807, 2.05) is 48.1 Å². The number of nitrogens with zero attached hydrogens (tertiary/aromatic N) is 5. The van der Waals surface area contributed by atoms with Crippen LogP contribution in [-0.4, -0.2) is 48.3 Å². The van der Waals surface area contributed by atoms with E-state index in [4.69, 9.17) is 25.3 Å². The minimum absolute atomic E-state index is 0. The van der Waals surface area contributed by atoms with E-state index in [0.717, 1.165) is 11.1 Å². The van der Waals surface area contributed by atoms with Crippen molar-refractivity contribution in [3.8, 4) is 0 Å². The Labute approximate surface area is 244 Å². The molecule has 1 amide bonds. The molecule has 0 bridgehead atoms. The molecule has 191 valence electrons. The molecule has 0 spiro atoms. The van der Waals surface area contributed by atoms with Gasteiger partial charge < -0.3 is 54.6 Å². The van der Waals surface area contributed by atoms with E-state index in [2.05, 4.69) is 36.4 Å².